The van der Waals surface area contributed by atoms with Crippen LogP contribution < -0.4 is 5.73 Å². The van der Waals surface area contributed by atoms with E-state index in [2.05, 4.69) is 38.1 Å². The lowest BCUT2D eigenvalue weighted by molar-refractivity contribution is 0.0410. The van der Waals surface area contributed by atoms with Crippen LogP contribution in [0.2, 0.25) is 0 Å². The highest BCUT2D eigenvalue weighted by Gasteiger charge is 2.33. The van der Waals surface area contributed by atoms with Gasteiger partial charge in [-0.15, -0.1) is 0 Å². The molecule has 1 atom stereocenters. The van der Waals surface area contributed by atoms with Gasteiger partial charge in [0.1, 0.15) is 0 Å². The normalized spacial score (nSPS) is 21.7. The Labute approximate surface area is 97.8 Å². The Balaban J connectivity index is 2.26. The van der Waals surface area contributed by atoms with Crippen molar-refractivity contribution in [2.45, 2.75) is 32.2 Å². The van der Waals surface area contributed by atoms with E-state index in [1.165, 1.54) is 11.1 Å². The SMILES string of the molecule is Cc1ccccc1C(C)(N)C1CCOCC1. The second-order valence-electron chi connectivity index (χ2n) is 4.98. The van der Waals surface area contributed by atoms with Gasteiger partial charge in [-0.05, 0) is 43.7 Å². The topological polar surface area (TPSA) is 35.2 Å². The van der Waals surface area contributed by atoms with Crippen LogP contribution in [0.1, 0.15) is 30.9 Å². The minimum Gasteiger partial charge on any atom is -0.381 e. The smallest absolute Gasteiger partial charge is 0.0469 e. The molecule has 2 rings (SSSR count). The highest BCUT2D eigenvalue weighted by molar-refractivity contribution is 5.32. The van der Waals surface area contributed by atoms with E-state index in [1.807, 2.05) is 0 Å². The van der Waals surface area contributed by atoms with E-state index in [-0.39, 0.29) is 5.54 Å². The number of hydrogen-bond acceptors (Lipinski definition) is 2. The maximum Gasteiger partial charge on any atom is 0.0469 e. The number of benzene rings is 1. The standard InChI is InChI=1S/C14H21NO/c1-11-5-3-4-6-13(11)14(2,15)12-7-9-16-10-8-12/h3-6,12H,7-10,15H2,1-2H3. The first-order valence-electron chi connectivity index (χ1n) is 6.05. The molecular weight excluding hydrogens is 198 g/mol. The van der Waals surface area contributed by atoms with E-state index >= 15 is 0 Å². The molecule has 1 fully saturated rings. The molecule has 0 amide bonds. The average molecular weight is 219 g/mol. The van der Waals surface area contributed by atoms with Crippen molar-refractivity contribution >= 4 is 0 Å². The molecule has 2 nitrogen and oxygen atoms in total. The van der Waals surface area contributed by atoms with Crippen LogP contribution in [0.5, 0.6) is 0 Å². The van der Waals surface area contributed by atoms with Gasteiger partial charge in [-0.3, -0.25) is 0 Å². The van der Waals surface area contributed by atoms with E-state index < -0.39 is 0 Å². The molecule has 1 saturated heterocycles. The predicted octanol–water partition coefficient (Wildman–Crippen LogP) is 2.60. The largest absolute Gasteiger partial charge is 0.381 e. The van der Waals surface area contributed by atoms with Crippen LogP contribution in [0.15, 0.2) is 24.3 Å². The fourth-order valence-corrected chi connectivity index (χ4v) is 2.69. The molecule has 88 valence electrons. The second-order valence-corrected chi connectivity index (χ2v) is 4.98. The zero-order chi connectivity index (χ0) is 11.6. The lowest BCUT2D eigenvalue weighted by Crippen LogP contribution is -2.44. The Bertz CT molecular complexity index is 354. The highest BCUT2D eigenvalue weighted by atomic mass is 16.5. The summed E-state index contributed by atoms with van der Waals surface area (Å²) in [7, 11) is 0. The number of nitrogens with two attached hydrogens (primary N) is 1. The molecule has 2 heteroatoms. The number of rotatable bonds is 2. The third-order valence-corrected chi connectivity index (χ3v) is 3.79. The minimum atomic E-state index is -0.227. The van der Waals surface area contributed by atoms with Crippen molar-refractivity contribution in [3.8, 4) is 0 Å². The third-order valence-electron chi connectivity index (χ3n) is 3.79. The van der Waals surface area contributed by atoms with Crippen LogP contribution in [0.3, 0.4) is 0 Å². The van der Waals surface area contributed by atoms with Gasteiger partial charge in [-0.1, -0.05) is 24.3 Å². The van der Waals surface area contributed by atoms with Gasteiger partial charge in [0.2, 0.25) is 0 Å². The zero-order valence-electron chi connectivity index (χ0n) is 10.2. The predicted molar refractivity (Wildman–Crippen MR) is 66.3 cm³/mol. The van der Waals surface area contributed by atoms with Crippen LogP contribution in [0.25, 0.3) is 0 Å². The van der Waals surface area contributed by atoms with E-state index in [0.29, 0.717) is 5.92 Å². The van der Waals surface area contributed by atoms with Crippen molar-refractivity contribution in [3.05, 3.63) is 35.4 Å². The molecule has 0 aliphatic carbocycles. The van der Waals surface area contributed by atoms with E-state index in [4.69, 9.17) is 10.5 Å². The Hall–Kier alpha value is -0.860. The van der Waals surface area contributed by atoms with Crippen LogP contribution in [-0.4, -0.2) is 13.2 Å². The Kier molecular flexibility index (Phi) is 3.31. The Morgan fingerprint density at radius 2 is 1.88 bits per heavy atom. The summed E-state index contributed by atoms with van der Waals surface area (Å²) < 4.78 is 5.41. The van der Waals surface area contributed by atoms with Crippen LogP contribution in [0.4, 0.5) is 0 Å². The zero-order valence-corrected chi connectivity index (χ0v) is 10.2. The lowest BCUT2D eigenvalue weighted by Gasteiger charge is -2.38. The van der Waals surface area contributed by atoms with Crippen LogP contribution in [0, 0.1) is 12.8 Å². The van der Waals surface area contributed by atoms with E-state index in [1.54, 1.807) is 0 Å². The number of aryl methyl sites for hydroxylation is 1. The summed E-state index contributed by atoms with van der Waals surface area (Å²) in [6, 6.07) is 8.44. The molecular formula is C14H21NO. The van der Waals surface area contributed by atoms with Crippen LogP contribution >= 0.6 is 0 Å². The first kappa shape index (κ1) is 11.6. The second kappa shape index (κ2) is 4.56. The molecule has 1 aromatic rings. The fraction of sp³-hybridized carbons (Fsp3) is 0.571. The quantitative estimate of drug-likeness (QED) is 0.829. The summed E-state index contributed by atoms with van der Waals surface area (Å²) in [5.41, 5.74) is 8.90. The first-order chi connectivity index (χ1) is 7.62. The first-order valence-corrected chi connectivity index (χ1v) is 6.05. The van der Waals surface area contributed by atoms with Crippen LogP contribution in [-0.2, 0) is 10.3 Å². The van der Waals surface area contributed by atoms with Gasteiger partial charge in [-0.2, -0.15) is 0 Å². The molecule has 0 saturated carbocycles. The van der Waals surface area contributed by atoms with Crippen molar-refractivity contribution in [1.82, 2.24) is 0 Å². The molecule has 0 aromatic heterocycles. The molecule has 1 heterocycles. The molecule has 1 unspecified atom stereocenters. The van der Waals surface area contributed by atoms with Crippen molar-refractivity contribution in [1.29, 1.82) is 0 Å². The summed E-state index contributed by atoms with van der Waals surface area (Å²) in [6.45, 7) is 6.00. The van der Waals surface area contributed by atoms with Gasteiger partial charge in [0.25, 0.3) is 0 Å². The van der Waals surface area contributed by atoms with Gasteiger partial charge < -0.3 is 10.5 Å². The van der Waals surface area contributed by atoms with Gasteiger partial charge in [-0.25, -0.2) is 0 Å². The lowest BCUT2D eigenvalue weighted by atomic mass is 9.75. The monoisotopic (exact) mass is 219 g/mol. The van der Waals surface area contributed by atoms with E-state index in [0.717, 1.165) is 26.1 Å². The summed E-state index contributed by atoms with van der Waals surface area (Å²) in [4.78, 5) is 0. The van der Waals surface area contributed by atoms with E-state index in [9.17, 15) is 0 Å². The van der Waals surface area contributed by atoms with Crippen molar-refractivity contribution in [2.75, 3.05) is 13.2 Å². The van der Waals surface area contributed by atoms with Gasteiger partial charge in [0, 0.05) is 18.8 Å². The molecule has 16 heavy (non-hydrogen) atoms. The highest BCUT2D eigenvalue weighted by Crippen LogP contribution is 2.34. The van der Waals surface area contributed by atoms with Crippen molar-refractivity contribution < 1.29 is 4.74 Å². The van der Waals surface area contributed by atoms with Gasteiger partial charge in [0.15, 0.2) is 0 Å². The average Bonchev–Trinajstić information content (AvgIpc) is 2.30. The molecule has 1 aromatic carbocycles. The van der Waals surface area contributed by atoms with Crippen molar-refractivity contribution in [3.63, 3.8) is 0 Å². The molecule has 0 spiro atoms. The fourth-order valence-electron chi connectivity index (χ4n) is 2.69. The van der Waals surface area contributed by atoms with Crippen molar-refractivity contribution in [2.24, 2.45) is 11.7 Å². The van der Waals surface area contributed by atoms with Gasteiger partial charge in [0.05, 0.1) is 0 Å². The summed E-state index contributed by atoms with van der Waals surface area (Å²) in [6.07, 6.45) is 2.14. The Morgan fingerprint density at radius 1 is 1.25 bits per heavy atom. The molecule has 0 radical (unpaired) electrons. The molecule has 0 bridgehead atoms. The summed E-state index contributed by atoms with van der Waals surface area (Å²) in [5.74, 6) is 0.530. The molecule has 2 N–H and O–H groups in total. The number of hydrogen-bond donors (Lipinski definition) is 1. The molecule has 1 aliphatic heterocycles. The third kappa shape index (κ3) is 2.13. The molecule has 1 aliphatic rings. The minimum absolute atomic E-state index is 0.227. The Morgan fingerprint density at radius 3 is 2.50 bits per heavy atom. The maximum atomic E-state index is 6.56. The number of ether oxygens (including phenoxy) is 1. The maximum absolute atomic E-state index is 6.56. The summed E-state index contributed by atoms with van der Waals surface area (Å²) in [5, 5.41) is 0. The summed E-state index contributed by atoms with van der Waals surface area (Å²) >= 11 is 0. The van der Waals surface area contributed by atoms with Gasteiger partial charge >= 0.3 is 0 Å².